The third-order valence-electron chi connectivity index (χ3n) is 3.06. The maximum Gasteiger partial charge on any atom is 0.128 e. The standard InChI is InChI=1S/C14H13NO2/c16-13(10-4-7-15-8-5-10)12-3-1-2-11-6-9-17-14(11)12/h1-5,7-8,13,16H,6,9H2. The molecule has 0 fully saturated rings. The Morgan fingerprint density at radius 2 is 2.00 bits per heavy atom. The van der Waals surface area contributed by atoms with Crippen LogP contribution >= 0.6 is 0 Å². The van der Waals surface area contributed by atoms with Gasteiger partial charge in [-0.25, -0.2) is 0 Å². The summed E-state index contributed by atoms with van der Waals surface area (Å²) < 4.78 is 5.60. The predicted octanol–water partition coefficient (Wildman–Crippen LogP) is 2.10. The predicted molar refractivity (Wildman–Crippen MR) is 63.9 cm³/mol. The second kappa shape index (κ2) is 4.18. The molecule has 3 heteroatoms. The van der Waals surface area contributed by atoms with Crippen LogP contribution in [-0.4, -0.2) is 16.7 Å². The van der Waals surface area contributed by atoms with Gasteiger partial charge in [0.25, 0.3) is 0 Å². The first-order valence-electron chi connectivity index (χ1n) is 5.69. The molecule has 1 atom stereocenters. The number of benzene rings is 1. The zero-order valence-electron chi connectivity index (χ0n) is 9.34. The number of aliphatic hydroxyl groups is 1. The van der Waals surface area contributed by atoms with E-state index in [4.69, 9.17) is 4.74 Å². The van der Waals surface area contributed by atoms with Crippen LogP contribution in [0.2, 0.25) is 0 Å². The number of para-hydroxylation sites is 1. The Balaban J connectivity index is 2.03. The molecule has 2 heterocycles. The van der Waals surface area contributed by atoms with Crippen molar-refractivity contribution < 1.29 is 9.84 Å². The third kappa shape index (κ3) is 1.78. The van der Waals surface area contributed by atoms with E-state index in [9.17, 15) is 5.11 Å². The minimum atomic E-state index is -0.647. The minimum Gasteiger partial charge on any atom is -0.493 e. The quantitative estimate of drug-likeness (QED) is 0.854. The van der Waals surface area contributed by atoms with Gasteiger partial charge >= 0.3 is 0 Å². The van der Waals surface area contributed by atoms with E-state index in [0.29, 0.717) is 6.61 Å². The highest BCUT2D eigenvalue weighted by atomic mass is 16.5. The summed E-state index contributed by atoms with van der Waals surface area (Å²) in [6, 6.07) is 9.56. The molecule has 1 aliphatic rings. The van der Waals surface area contributed by atoms with Crippen LogP contribution in [0, 0.1) is 0 Å². The van der Waals surface area contributed by atoms with Gasteiger partial charge in [-0.15, -0.1) is 0 Å². The van der Waals surface area contributed by atoms with E-state index in [-0.39, 0.29) is 0 Å². The Labute approximate surface area is 99.7 Å². The number of hydrogen-bond acceptors (Lipinski definition) is 3. The zero-order chi connectivity index (χ0) is 11.7. The molecular weight excluding hydrogens is 214 g/mol. The van der Waals surface area contributed by atoms with Crippen LogP contribution in [0.5, 0.6) is 5.75 Å². The molecule has 0 bridgehead atoms. The number of hydrogen-bond donors (Lipinski definition) is 1. The van der Waals surface area contributed by atoms with Gasteiger partial charge in [0.15, 0.2) is 0 Å². The van der Waals surface area contributed by atoms with E-state index >= 15 is 0 Å². The number of fused-ring (bicyclic) bond motifs is 1. The summed E-state index contributed by atoms with van der Waals surface area (Å²) in [5, 5.41) is 10.3. The fourth-order valence-electron chi connectivity index (χ4n) is 2.18. The minimum absolute atomic E-state index is 0.647. The van der Waals surface area contributed by atoms with E-state index < -0.39 is 6.10 Å². The van der Waals surface area contributed by atoms with E-state index in [1.165, 1.54) is 5.56 Å². The Morgan fingerprint density at radius 1 is 1.18 bits per heavy atom. The van der Waals surface area contributed by atoms with Crippen LogP contribution in [0.25, 0.3) is 0 Å². The van der Waals surface area contributed by atoms with Crippen molar-refractivity contribution in [2.45, 2.75) is 12.5 Å². The fraction of sp³-hybridized carbons (Fsp3) is 0.214. The lowest BCUT2D eigenvalue weighted by molar-refractivity contribution is 0.213. The number of pyridine rings is 1. The van der Waals surface area contributed by atoms with E-state index in [2.05, 4.69) is 4.98 Å². The van der Waals surface area contributed by atoms with Gasteiger partial charge in [0.2, 0.25) is 0 Å². The number of aromatic nitrogens is 1. The summed E-state index contributed by atoms with van der Waals surface area (Å²) in [6.07, 6.45) is 3.64. The van der Waals surface area contributed by atoms with Crippen LogP contribution in [0.15, 0.2) is 42.7 Å². The first-order chi connectivity index (χ1) is 8.36. The molecule has 0 saturated carbocycles. The molecule has 0 amide bonds. The van der Waals surface area contributed by atoms with Crippen LogP contribution < -0.4 is 4.74 Å². The molecule has 1 N–H and O–H groups in total. The average Bonchev–Trinajstić information content (AvgIpc) is 2.87. The molecule has 17 heavy (non-hydrogen) atoms. The van der Waals surface area contributed by atoms with Crippen molar-refractivity contribution in [3.63, 3.8) is 0 Å². The van der Waals surface area contributed by atoms with E-state index in [1.807, 2.05) is 30.3 Å². The number of ether oxygens (including phenoxy) is 1. The monoisotopic (exact) mass is 227 g/mol. The molecule has 3 rings (SSSR count). The van der Waals surface area contributed by atoms with Crippen molar-refractivity contribution in [1.29, 1.82) is 0 Å². The van der Waals surface area contributed by atoms with Gasteiger partial charge in [-0.3, -0.25) is 4.98 Å². The van der Waals surface area contributed by atoms with Crippen molar-refractivity contribution in [3.05, 3.63) is 59.4 Å². The lowest BCUT2D eigenvalue weighted by Gasteiger charge is -2.14. The highest BCUT2D eigenvalue weighted by Gasteiger charge is 2.21. The van der Waals surface area contributed by atoms with Crippen LogP contribution in [0.3, 0.4) is 0 Å². The molecule has 2 aromatic rings. The number of rotatable bonds is 2. The lowest BCUT2D eigenvalue weighted by atomic mass is 9.99. The Hall–Kier alpha value is -1.87. The van der Waals surface area contributed by atoms with Crippen molar-refractivity contribution in [3.8, 4) is 5.75 Å². The third-order valence-corrected chi connectivity index (χ3v) is 3.06. The SMILES string of the molecule is OC(c1ccncc1)c1cccc2c1OCC2. The molecule has 0 spiro atoms. The summed E-state index contributed by atoms with van der Waals surface area (Å²) in [6.45, 7) is 0.704. The summed E-state index contributed by atoms with van der Waals surface area (Å²) in [5.41, 5.74) is 2.85. The summed E-state index contributed by atoms with van der Waals surface area (Å²) in [4.78, 5) is 3.95. The molecule has 1 aromatic heterocycles. The van der Waals surface area contributed by atoms with Gasteiger partial charge in [-0.2, -0.15) is 0 Å². The fourth-order valence-corrected chi connectivity index (χ4v) is 2.18. The molecule has 0 saturated heterocycles. The van der Waals surface area contributed by atoms with E-state index in [1.54, 1.807) is 12.4 Å². The summed E-state index contributed by atoms with van der Waals surface area (Å²) in [5.74, 6) is 0.844. The Bertz CT molecular complexity index is 525. The molecule has 1 aliphatic heterocycles. The normalized spacial score (nSPS) is 15.1. The van der Waals surface area contributed by atoms with Gasteiger partial charge in [0.1, 0.15) is 11.9 Å². The van der Waals surface area contributed by atoms with Gasteiger partial charge in [-0.05, 0) is 23.3 Å². The van der Waals surface area contributed by atoms with Crippen molar-refractivity contribution in [2.24, 2.45) is 0 Å². The Kier molecular flexibility index (Phi) is 2.53. The second-order valence-electron chi connectivity index (χ2n) is 4.12. The zero-order valence-corrected chi connectivity index (χ0v) is 9.34. The average molecular weight is 227 g/mol. The van der Waals surface area contributed by atoms with Gasteiger partial charge in [0, 0.05) is 24.4 Å². The van der Waals surface area contributed by atoms with Crippen molar-refractivity contribution in [1.82, 2.24) is 4.98 Å². The molecule has 0 radical (unpaired) electrons. The highest BCUT2D eigenvalue weighted by Crippen LogP contribution is 2.35. The maximum absolute atomic E-state index is 10.3. The van der Waals surface area contributed by atoms with Crippen LogP contribution in [0.1, 0.15) is 22.8 Å². The number of nitrogens with zero attached hydrogens (tertiary/aromatic N) is 1. The molecule has 3 nitrogen and oxygen atoms in total. The second-order valence-corrected chi connectivity index (χ2v) is 4.12. The molecule has 1 aromatic carbocycles. The van der Waals surface area contributed by atoms with Gasteiger partial charge in [0.05, 0.1) is 6.61 Å². The largest absolute Gasteiger partial charge is 0.493 e. The smallest absolute Gasteiger partial charge is 0.128 e. The molecule has 1 unspecified atom stereocenters. The summed E-state index contributed by atoms with van der Waals surface area (Å²) in [7, 11) is 0. The van der Waals surface area contributed by atoms with E-state index in [0.717, 1.165) is 23.3 Å². The van der Waals surface area contributed by atoms with Crippen LogP contribution in [0.4, 0.5) is 0 Å². The van der Waals surface area contributed by atoms with Crippen molar-refractivity contribution >= 4 is 0 Å². The molecular formula is C14H13NO2. The van der Waals surface area contributed by atoms with Crippen molar-refractivity contribution in [2.75, 3.05) is 6.61 Å². The molecule has 0 aliphatic carbocycles. The Morgan fingerprint density at radius 3 is 2.82 bits per heavy atom. The highest BCUT2D eigenvalue weighted by molar-refractivity contribution is 5.47. The first kappa shape index (κ1) is 10.3. The maximum atomic E-state index is 10.3. The van der Waals surface area contributed by atoms with Crippen LogP contribution in [-0.2, 0) is 6.42 Å². The molecule has 86 valence electrons. The summed E-state index contributed by atoms with van der Waals surface area (Å²) >= 11 is 0. The topological polar surface area (TPSA) is 42.4 Å². The lowest BCUT2D eigenvalue weighted by Crippen LogP contribution is -2.02. The van der Waals surface area contributed by atoms with Gasteiger partial charge in [-0.1, -0.05) is 18.2 Å². The van der Waals surface area contributed by atoms with Gasteiger partial charge < -0.3 is 9.84 Å². The first-order valence-corrected chi connectivity index (χ1v) is 5.69. The number of aliphatic hydroxyl groups excluding tert-OH is 1.